The molecule has 2 amide bonds. The molecule has 0 bridgehead atoms. The molecule has 0 unspecified atom stereocenters. The Labute approximate surface area is 151 Å². The number of amides is 2. The molecule has 0 aliphatic rings. The number of para-hydroxylation sites is 1. The molecule has 0 aliphatic heterocycles. The number of hydrogen-bond donors (Lipinski definition) is 3. The maximum absolute atomic E-state index is 12.2. The van der Waals surface area contributed by atoms with Gasteiger partial charge in [0, 0.05) is 39.8 Å². The normalized spacial score (nSPS) is 11.0. The second-order valence-electron chi connectivity index (χ2n) is 5.89. The highest BCUT2D eigenvalue weighted by Gasteiger charge is 2.07. The fourth-order valence-corrected chi connectivity index (χ4v) is 2.64. The van der Waals surface area contributed by atoms with Crippen LogP contribution in [0.1, 0.15) is 35.0 Å². The Morgan fingerprint density at radius 2 is 1.85 bits per heavy atom. The van der Waals surface area contributed by atoms with Gasteiger partial charge in [-0.25, -0.2) is 5.43 Å². The van der Waals surface area contributed by atoms with Crippen molar-refractivity contribution in [2.45, 2.75) is 20.3 Å². The summed E-state index contributed by atoms with van der Waals surface area (Å²) in [5, 5.41) is 7.86. The third kappa shape index (κ3) is 3.80. The highest BCUT2D eigenvalue weighted by Crippen LogP contribution is 2.19. The molecule has 0 radical (unpaired) electrons. The van der Waals surface area contributed by atoms with Crippen LogP contribution in [0.5, 0.6) is 0 Å². The van der Waals surface area contributed by atoms with E-state index >= 15 is 0 Å². The Balaban J connectivity index is 1.67. The molecule has 3 N–H and O–H groups in total. The van der Waals surface area contributed by atoms with Crippen molar-refractivity contribution >= 4 is 34.6 Å². The number of H-pyrrole nitrogens is 1. The van der Waals surface area contributed by atoms with E-state index in [0.717, 1.165) is 22.2 Å². The van der Waals surface area contributed by atoms with Gasteiger partial charge >= 0.3 is 0 Å². The minimum Gasteiger partial charge on any atom is -0.358 e. The van der Waals surface area contributed by atoms with E-state index in [1.165, 1.54) is 0 Å². The van der Waals surface area contributed by atoms with Gasteiger partial charge in [0.05, 0.1) is 6.21 Å². The standard InChI is InChI=1S/C20H20N4O2/c1-3-19(25)23-15-10-8-14(9-11-15)20(26)24-21-12-17-13(2)22-18-7-5-4-6-16(17)18/h4-12,22H,3H2,1-2H3,(H,23,25)(H,24,26)/b21-12+. The number of benzene rings is 2. The summed E-state index contributed by atoms with van der Waals surface area (Å²) in [6.07, 6.45) is 2.05. The lowest BCUT2D eigenvalue weighted by atomic mass is 10.1. The van der Waals surface area contributed by atoms with Crippen LogP contribution in [0.2, 0.25) is 0 Å². The first-order chi connectivity index (χ1) is 12.6. The van der Waals surface area contributed by atoms with Crippen LogP contribution in [0.15, 0.2) is 53.6 Å². The third-order valence-electron chi connectivity index (χ3n) is 4.06. The Bertz CT molecular complexity index is 971. The summed E-state index contributed by atoms with van der Waals surface area (Å²) >= 11 is 0. The number of aromatic amines is 1. The van der Waals surface area contributed by atoms with Gasteiger partial charge in [0.15, 0.2) is 0 Å². The van der Waals surface area contributed by atoms with Crippen molar-refractivity contribution in [1.29, 1.82) is 0 Å². The highest BCUT2D eigenvalue weighted by atomic mass is 16.2. The Hall–Kier alpha value is -3.41. The maximum Gasteiger partial charge on any atom is 0.271 e. The smallest absolute Gasteiger partial charge is 0.271 e. The number of rotatable bonds is 5. The molecule has 1 aromatic heterocycles. The van der Waals surface area contributed by atoms with Gasteiger partial charge in [0.1, 0.15) is 0 Å². The molecule has 6 nitrogen and oxygen atoms in total. The minimum atomic E-state index is -0.313. The van der Waals surface area contributed by atoms with E-state index in [9.17, 15) is 9.59 Å². The minimum absolute atomic E-state index is 0.0686. The van der Waals surface area contributed by atoms with E-state index in [-0.39, 0.29) is 11.8 Å². The number of aryl methyl sites for hydroxylation is 1. The number of carbonyl (C=O) groups excluding carboxylic acids is 2. The lowest BCUT2D eigenvalue weighted by Crippen LogP contribution is -2.17. The molecule has 132 valence electrons. The van der Waals surface area contributed by atoms with Gasteiger partial charge in [-0.1, -0.05) is 25.1 Å². The first kappa shape index (κ1) is 17.4. The van der Waals surface area contributed by atoms with Crippen LogP contribution in [-0.2, 0) is 4.79 Å². The second kappa shape index (κ2) is 7.65. The van der Waals surface area contributed by atoms with Crippen molar-refractivity contribution in [3.05, 3.63) is 65.4 Å². The predicted octanol–water partition coefficient (Wildman–Crippen LogP) is 3.59. The number of carbonyl (C=O) groups is 2. The van der Waals surface area contributed by atoms with Gasteiger partial charge in [-0.3, -0.25) is 9.59 Å². The Kier molecular flexibility index (Phi) is 5.12. The van der Waals surface area contributed by atoms with Gasteiger partial charge in [0.2, 0.25) is 5.91 Å². The fourth-order valence-electron chi connectivity index (χ4n) is 2.64. The molecular weight excluding hydrogens is 328 g/mol. The van der Waals surface area contributed by atoms with E-state index in [1.807, 2.05) is 31.2 Å². The van der Waals surface area contributed by atoms with E-state index in [4.69, 9.17) is 0 Å². The zero-order valence-corrected chi connectivity index (χ0v) is 14.7. The van der Waals surface area contributed by atoms with Crippen molar-refractivity contribution in [2.75, 3.05) is 5.32 Å². The van der Waals surface area contributed by atoms with E-state index in [1.54, 1.807) is 37.4 Å². The molecule has 0 atom stereocenters. The summed E-state index contributed by atoms with van der Waals surface area (Å²) in [4.78, 5) is 26.8. The molecule has 0 aliphatic carbocycles. The molecule has 6 heteroatoms. The average molecular weight is 348 g/mol. The molecule has 3 rings (SSSR count). The second-order valence-corrected chi connectivity index (χ2v) is 5.89. The topological polar surface area (TPSA) is 86.3 Å². The summed E-state index contributed by atoms with van der Waals surface area (Å²) in [5.41, 5.74) is 6.61. The summed E-state index contributed by atoms with van der Waals surface area (Å²) in [7, 11) is 0. The molecule has 0 fully saturated rings. The summed E-state index contributed by atoms with van der Waals surface area (Å²) in [5.74, 6) is -0.381. The van der Waals surface area contributed by atoms with Crippen LogP contribution in [0.3, 0.4) is 0 Å². The first-order valence-corrected chi connectivity index (χ1v) is 8.39. The molecule has 1 heterocycles. The highest BCUT2D eigenvalue weighted by molar-refractivity contribution is 6.01. The van der Waals surface area contributed by atoms with Crippen LogP contribution < -0.4 is 10.7 Å². The maximum atomic E-state index is 12.2. The van der Waals surface area contributed by atoms with Crippen molar-refractivity contribution in [2.24, 2.45) is 5.10 Å². The number of anilines is 1. The molecule has 2 aromatic carbocycles. The molecule has 0 saturated carbocycles. The lowest BCUT2D eigenvalue weighted by Gasteiger charge is -2.04. The van der Waals surface area contributed by atoms with Crippen molar-refractivity contribution in [3.8, 4) is 0 Å². The van der Waals surface area contributed by atoms with Crippen LogP contribution in [-0.4, -0.2) is 23.0 Å². The quantitative estimate of drug-likeness (QED) is 0.486. The average Bonchev–Trinajstić information content (AvgIpc) is 2.97. The number of aromatic nitrogens is 1. The van der Waals surface area contributed by atoms with Gasteiger partial charge in [0.25, 0.3) is 5.91 Å². The molecule has 0 saturated heterocycles. The molecular formula is C20H20N4O2. The zero-order valence-electron chi connectivity index (χ0n) is 14.7. The van der Waals surface area contributed by atoms with E-state index in [2.05, 4.69) is 20.8 Å². The Morgan fingerprint density at radius 3 is 2.58 bits per heavy atom. The molecule has 0 spiro atoms. The summed E-state index contributed by atoms with van der Waals surface area (Å²) in [6.45, 7) is 3.75. The van der Waals surface area contributed by atoms with Crippen LogP contribution in [0, 0.1) is 6.92 Å². The SMILES string of the molecule is CCC(=O)Nc1ccc(C(=O)N/N=C/c2c(C)[nH]c3ccccc23)cc1. The van der Waals surface area contributed by atoms with Gasteiger partial charge in [-0.05, 0) is 37.3 Å². The number of nitrogens with zero attached hydrogens (tertiary/aromatic N) is 1. The van der Waals surface area contributed by atoms with Crippen molar-refractivity contribution in [3.63, 3.8) is 0 Å². The van der Waals surface area contributed by atoms with Crippen molar-refractivity contribution < 1.29 is 9.59 Å². The monoisotopic (exact) mass is 348 g/mol. The summed E-state index contributed by atoms with van der Waals surface area (Å²) < 4.78 is 0. The van der Waals surface area contributed by atoms with Gasteiger partial charge in [-0.15, -0.1) is 0 Å². The largest absolute Gasteiger partial charge is 0.358 e. The first-order valence-electron chi connectivity index (χ1n) is 8.39. The fraction of sp³-hybridized carbons (Fsp3) is 0.150. The van der Waals surface area contributed by atoms with Gasteiger partial charge in [-0.2, -0.15) is 5.10 Å². The van der Waals surface area contributed by atoms with Crippen molar-refractivity contribution in [1.82, 2.24) is 10.4 Å². The van der Waals surface area contributed by atoms with E-state index in [0.29, 0.717) is 17.7 Å². The number of fused-ring (bicyclic) bond motifs is 1. The van der Waals surface area contributed by atoms with Crippen LogP contribution in [0.25, 0.3) is 10.9 Å². The van der Waals surface area contributed by atoms with Gasteiger partial charge < -0.3 is 10.3 Å². The summed E-state index contributed by atoms with van der Waals surface area (Å²) in [6, 6.07) is 14.6. The third-order valence-corrected chi connectivity index (χ3v) is 4.06. The van der Waals surface area contributed by atoms with Crippen LogP contribution >= 0.6 is 0 Å². The number of nitrogens with one attached hydrogen (secondary N) is 3. The van der Waals surface area contributed by atoms with Crippen LogP contribution in [0.4, 0.5) is 5.69 Å². The Morgan fingerprint density at radius 1 is 1.12 bits per heavy atom. The molecule has 3 aromatic rings. The number of hydrazone groups is 1. The van der Waals surface area contributed by atoms with E-state index < -0.39 is 0 Å². The predicted molar refractivity (Wildman–Crippen MR) is 103 cm³/mol. The zero-order chi connectivity index (χ0) is 18.5. The lowest BCUT2D eigenvalue weighted by molar-refractivity contribution is -0.115. The molecule has 26 heavy (non-hydrogen) atoms. The number of hydrogen-bond acceptors (Lipinski definition) is 3.